The van der Waals surface area contributed by atoms with E-state index < -0.39 is 0 Å². The van der Waals surface area contributed by atoms with E-state index in [2.05, 4.69) is 11.4 Å². The molecule has 24 heavy (non-hydrogen) atoms. The lowest BCUT2D eigenvalue weighted by molar-refractivity contribution is -0.115. The molecule has 2 aromatic carbocycles. The van der Waals surface area contributed by atoms with Crippen LogP contribution < -0.4 is 5.32 Å². The van der Waals surface area contributed by atoms with E-state index in [0.29, 0.717) is 11.3 Å². The number of benzene rings is 2. The summed E-state index contributed by atoms with van der Waals surface area (Å²) in [7, 11) is 0. The molecule has 1 heterocycles. The molecule has 0 radical (unpaired) electrons. The quantitative estimate of drug-likeness (QED) is 0.795. The van der Waals surface area contributed by atoms with Crippen LogP contribution in [0.2, 0.25) is 0 Å². The summed E-state index contributed by atoms with van der Waals surface area (Å²) in [5.74, 6) is -0.135. The maximum atomic E-state index is 12.2. The van der Waals surface area contributed by atoms with Crippen LogP contribution in [0.25, 0.3) is 5.69 Å². The van der Waals surface area contributed by atoms with E-state index in [4.69, 9.17) is 5.26 Å². The molecule has 0 unspecified atom stereocenters. The number of aryl methyl sites for hydroxylation is 1. The number of aromatic nitrogens is 1. The van der Waals surface area contributed by atoms with Crippen LogP contribution in [0.5, 0.6) is 0 Å². The van der Waals surface area contributed by atoms with Crippen LogP contribution in [0.1, 0.15) is 16.7 Å². The summed E-state index contributed by atoms with van der Waals surface area (Å²) < 4.78 is 2.01. The Morgan fingerprint density at radius 1 is 1.12 bits per heavy atom. The minimum Gasteiger partial charge on any atom is -0.325 e. The van der Waals surface area contributed by atoms with E-state index in [1.165, 1.54) is 0 Å². The first-order valence-corrected chi connectivity index (χ1v) is 7.68. The van der Waals surface area contributed by atoms with Crippen molar-refractivity contribution in [3.05, 3.63) is 83.7 Å². The Hall–Kier alpha value is -3.32. The normalized spacial score (nSPS) is 10.2. The number of carbonyl (C=O) groups excluding carboxylic acids is 1. The van der Waals surface area contributed by atoms with Gasteiger partial charge in [0.2, 0.25) is 5.91 Å². The van der Waals surface area contributed by atoms with Crippen LogP contribution in [0, 0.1) is 18.3 Å². The molecule has 0 spiro atoms. The number of carbonyl (C=O) groups is 1. The monoisotopic (exact) mass is 315 g/mol. The Balaban J connectivity index is 1.68. The summed E-state index contributed by atoms with van der Waals surface area (Å²) in [4.78, 5) is 12.2. The molecule has 1 aromatic heterocycles. The van der Waals surface area contributed by atoms with Gasteiger partial charge in [-0.1, -0.05) is 18.2 Å². The highest BCUT2D eigenvalue weighted by Crippen LogP contribution is 2.17. The number of amides is 1. The molecule has 1 amide bonds. The summed E-state index contributed by atoms with van der Waals surface area (Å²) in [5, 5.41) is 12.0. The molecule has 4 nitrogen and oxygen atoms in total. The first-order chi connectivity index (χ1) is 11.7. The zero-order chi connectivity index (χ0) is 16.9. The van der Waals surface area contributed by atoms with Crippen LogP contribution in [0.15, 0.2) is 67.0 Å². The Morgan fingerprint density at radius 2 is 1.83 bits per heavy atom. The highest BCUT2D eigenvalue weighted by atomic mass is 16.1. The maximum Gasteiger partial charge on any atom is 0.228 e. The van der Waals surface area contributed by atoms with Crippen molar-refractivity contribution in [1.82, 2.24) is 4.57 Å². The number of anilines is 1. The minimum atomic E-state index is -0.135. The van der Waals surface area contributed by atoms with Crippen LogP contribution in [-0.4, -0.2) is 10.5 Å². The molecule has 0 fully saturated rings. The lowest BCUT2D eigenvalue weighted by Gasteiger charge is -2.09. The summed E-state index contributed by atoms with van der Waals surface area (Å²) in [6, 6.07) is 19.3. The highest BCUT2D eigenvalue weighted by molar-refractivity contribution is 5.93. The fourth-order valence-corrected chi connectivity index (χ4v) is 2.53. The summed E-state index contributed by atoms with van der Waals surface area (Å²) >= 11 is 0. The van der Waals surface area contributed by atoms with Crippen molar-refractivity contribution in [2.75, 3.05) is 5.32 Å². The van der Waals surface area contributed by atoms with Crippen LogP contribution >= 0.6 is 0 Å². The van der Waals surface area contributed by atoms with Gasteiger partial charge in [-0.05, 0) is 54.4 Å². The van der Waals surface area contributed by atoms with Crippen LogP contribution in [0.3, 0.4) is 0 Å². The van der Waals surface area contributed by atoms with Gasteiger partial charge in [0.25, 0.3) is 0 Å². The number of nitrogens with one attached hydrogen (secondary N) is 1. The van der Waals surface area contributed by atoms with Gasteiger partial charge < -0.3 is 9.88 Å². The van der Waals surface area contributed by atoms with E-state index in [-0.39, 0.29) is 12.3 Å². The lowest BCUT2D eigenvalue weighted by Crippen LogP contribution is -2.15. The molecule has 3 aromatic rings. The third-order valence-corrected chi connectivity index (χ3v) is 3.77. The van der Waals surface area contributed by atoms with Crippen molar-refractivity contribution >= 4 is 11.6 Å². The molecule has 0 bridgehead atoms. The van der Waals surface area contributed by atoms with Gasteiger partial charge in [-0.15, -0.1) is 0 Å². The number of nitriles is 1. The van der Waals surface area contributed by atoms with E-state index in [9.17, 15) is 4.79 Å². The standard InChI is InChI=1S/C20H17N3O/c1-15-4-9-19(17(12-15)14-21)22-20(24)13-16-5-7-18(8-6-16)23-10-2-3-11-23/h2-12H,13H2,1H3,(H,22,24). The number of hydrogen-bond donors (Lipinski definition) is 1. The molecule has 0 aliphatic carbocycles. The molecule has 1 N–H and O–H groups in total. The fourth-order valence-electron chi connectivity index (χ4n) is 2.53. The van der Waals surface area contributed by atoms with Crippen LogP contribution in [-0.2, 0) is 11.2 Å². The molecule has 0 aliphatic heterocycles. The second-order valence-corrected chi connectivity index (χ2v) is 5.64. The number of rotatable bonds is 4. The summed E-state index contributed by atoms with van der Waals surface area (Å²) in [5.41, 5.74) is 4.00. The Labute approximate surface area is 141 Å². The van der Waals surface area contributed by atoms with Crippen molar-refractivity contribution in [3.8, 4) is 11.8 Å². The zero-order valence-corrected chi connectivity index (χ0v) is 13.4. The molecule has 0 saturated carbocycles. The van der Waals surface area contributed by atoms with E-state index in [1.54, 1.807) is 12.1 Å². The zero-order valence-electron chi connectivity index (χ0n) is 13.4. The van der Waals surface area contributed by atoms with E-state index >= 15 is 0 Å². The van der Waals surface area contributed by atoms with E-state index in [1.807, 2.05) is 66.3 Å². The largest absolute Gasteiger partial charge is 0.325 e. The highest BCUT2D eigenvalue weighted by Gasteiger charge is 2.08. The molecule has 0 atom stereocenters. The average molecular weight is 315 g/mol. The van der Waals surface area contributed by atoms with Gasteiger partial charge in [-0.25, -0.2) is 0 Å². The minimum absolute atomic E-state index is 0.135. The van der Waals surface area contributed by atoms with Gasteiger partial charge in [0.1, 0.15) is 6.07 Å². The molecule has 118 valence electrons. The predicted molar refractivity (Wildman–Crippen MR) is 94.0 cm³/mol. The third kappa shape index (κ3) is 3.53. The number of hydrogen-bond acceptors (Lipinski definition) is 2. The Kier molecular flexibility index (Phi) is 4.44. The molecule has 3 rings (SSSR count). The molecular formula is C20H17N3O. The fraction of sp³-hybridized carbons (Fsp3) is 0.100. The van der Waals surface area contributed by atoms with E-state index in [0.717, 1.165) is 16.8 Å². The lowest BCUT2D eigenvalue weighted by atomic mass is 10.1. The third-order valence-electron chi connectivity index (χ3n) is 3.77. The first-order valence-electron chi connectivity index (χ1n) is 7.68. The van der Waals surface area contributed by atoms with Gasteiger partial charge in [-0.3, -0.25) is 4.79 Å². The Bertz CT molecular complexity index is 888. The molecule has 0 saturated heterocycles. The Morgan fingerprint density at radius 3 is 2.50 bits per heavy atom. The molecule has 0 aliphatic rings. The van der Waals surface area contributed by atoms with Crippen molar-refractivity contribution < 1.29 is 4.79 Å². The van der Waals surface area contributed by atoms with Gasteiger partial charge in [0, 0.05) is 18.1 Å². The van der Waals surface area contributed by atoms with Crippen molar-refractivity contribution in [2.45, 2.75) is 13.3 Å². The van der Waals surface area contributed by atoms with Crippen LogP contribution in [0.4, 0.5) is 5.69 Å². The van der Waals surface area contributed by atoms with Gasteiger partial charge in [0.15, 0.2) is 0 Å². The maximum absolute atomic E-state index is 12.2. The average Bonchev–Trinajstić information content (AvgIpc) is 3.11. The summed E-state index contributed by atoms with van der Waals surface area (Å²) in [6.07, 6.45) is 4.22. The van der Waals surface area contributed by atoms with Crippen molar-refractivity contribution in [3.63, 3.8) is 0 Å². The second kappa shape index (κ2) is 6.84. The second-order valence-electron chi connectivity index (χ2n) is 5.64. The number of nitrogens with zero attached hydrogens (tertiary/aromatic N) is 2. The molecular weight excluding hydrogens is 298 g/mol. The first kappa shape index (κ1) is 15.6. The van der Waals surface area contributed by atoms with Crippen molar-refractivity contribution in [1.29, 1.82) is 5.26 Å². The SMILES string of the molecule is Cc1ccc(NC(=O)Cc2ccc(-n3cccc3)cc2)c(C#N)c1. The molecule has 4 heteroatoms. The topological polar surface area (TPSA) is 57.8 Å². The van der Waals surface area contributed by atoms with Crippen molar-refractivity contribution in [2.24, 2.45) is 0 Å². The smallest absolute Gasteiger partial charge is 0.228 e. The predicted octanol–water partition coefficient (Wildman–Crippen LogP) is 3.84. The van der Waals surface area contributed by atoms with Gasteiger partial charge in [-0.2, -0.15) is 5.26 Å². The van der Waals surface area contributed by atoms with Gasteiger partial charge in [0.05, 0.1) is 17.7 Å². The van der Waals surface area contributed by atoms with Gasteiger partial charge >= 0.3 is 0 Å². The summed E-state index contributed by atoms with van der Waals surface area (Å²) in [6.45, 7) is 1.92.